The van der Waals surface area contributed by atoms with Gasteiger partial charge in [0, 0.05) is 11.1 Å². The first-order valence-corrected chi connectivity index (χ1v) is 5.52. The van der Waals surface area contributed by atoms with Crippen molar-refractivity contribution in [3.8, 4) is 40.5 Å². The lowest BCUT2D eigenvalue weighted by molar-refractivity contribution is 0.369. The van der Waals surface area contributed by atoms with Crippen molar-refractivity contribution in [3.63, 3.8) is 0 Å². The van der Waals surface area contributed by atoms with Crippen LogP contribution in [0.4, 0.5) is 5.82 Å². The van der Waals surface area contributed by atoms with Crippen LogP contribution in [0.1, 0.15) is 11.1 Å². The smallest absolute Gasteiger partial charge is 0.268 e. The van der Waals surface area contributed by atoms with E-state index in [1.54, 1.807) is 12.1 Å². The number of phenols is 3. The standard InChI is InChI=1S/C13H8N4O4/c14-3-6-9(7(4-15)13(21)17-12(6)16)5-1-2-8(18)11(20)10(5)19/h1-2,18-20H,(H3,16,17,21). The van der Waals surface area contributed by atoms with E-state index in [0.29, 0.717) is 0 Å². The monoisotopic (exact) mass is 284 g/mol. The number of hydrogen-bond donors (Lipinski definition) is 5. The number of aromatic amines is 1. The fraction of sp³-hybridized carbons (Fsp3) is 0. The molecule has 2 aromatic rings. The van der Waals surface area contributed by atoms with Crippen LogP contribution in [-0.4, -0.2) is 20.3 Å². The summed E-state index contributed by atoms with van der Waals surface area (Å²) in [5.74, 6) is -2.47. The van der Waals surface area contributed by atoms with Gasteiger partial charge in [0.15, 0.2) is 11.5 Å². The van der Waals surface area contributed by atoms with E-state index in [9.17, 15) is 20.1 Å². The summed E-state index contributed by atoms with van der Waals surface area (Å²) in [6.07, 6.45) is 0. The molecule has 0 unspecified atom stereocenters. The number of hydrogen-bond acceptors (Lipinski definition) is 7. The van der Waals surface area contributed by atoms with Gasteiger partial charge in [0.1, 0.15) is 29.1 Å². The number of nitrogens with one attached hydrogen (secondary N) is 1. The highest BCUT2D eigenvalue weighted by molar-refractivity contribution is 5.85. The summed E-state index contributed by atoms with van der Waals surface area (Å²) in [5.41, 5.74) is 3.64. The second-order valence-corrected chi connectivity index (χ2v) is 4.05. The van der Waals surface area contributed by atoms with Crippen molar-refractivity contribution in [2.24, 2.45) is 0 Å². The molecule has 8 nitrogen and oxygen atoms in total. The van der Waals surface area contributed by atoms with Crippen LogP contribution in [0.25, 0.3) is 11.1 Å². The zero-order valence-corrected chi connectivity index (χ0v) is 10.4. The van der Waals surface area contributed by atoms with Gasteiger partial charge in [-0.3, -0.25) is 4.79 Å². The van der Waals surface area contributed by atoms with Crippen molar-refractivity contribution < 1.29 is 15.3 Å². The first-order chi connectivity index (χ1) is 9.92. The Hall–Kier alpha value is -3.65. The summed E-state index contributed by atoms with van der Waals surface area (Å²) < 4.78 is 0. The number of nitrogen functional groups attached to an aromatic ring is 1. The number of anilines is 1. The maximum Gasteiger partial charge on any atom is 0.268 e. The van der Waals surface area contributed by atoms with Crippen molar-refractivity contribution >= 4 is 5.82 Å². The fourth-order valence-electron chi connectivity index (χ4n) is 1.88. The Balaban J connectivity index is 3.01. The first-order valence-electron chi connectivity index (χ1n) is 5.52. The van der Waals surface area contributed by atoms with Gasteiger partial charge in [-0.15, -0.1) is 0 Å². The van der Waals surface area contributed by atoms with Crippen molar-refractivity contribution in [1.82, 2.24) is 4.98 Å². The average Bonchev–Trinajstić information content (AvgIpc) is 2.44. The molecule has 104 valence electrons. The number of aromatic nitrogens is 1. The number of pyridine rings is 1. The van der Waals surface area contributed by atoms with Crippen LogP contribution in [0.3, 0.4) is 0 Å². The van der Waals surface area contributed by atoms with Crippen molar-refractivity contribution in [3.05, 3.63) is 33.6 Å². The number of phenolic OH excluding ortho intramolecular Hbond substituents is 3. The van der Waals surface area contributed by atoms with Gasteiger partial charge in [-0.25, -0.2) is 0 Å². The quantitative estimate of drug-likeness (QED) is 0.474. The Kier molecular flexibility index (Phi) is 3.14. The molecule has 1 aromatic heterocycles. The van der Waals surface area contributed by atoms with Gasteiger partial charge in [-0.1, -0.05) is 0 Å². The lowest BCUT2D eigenvalue weighted by Gasteiger charge is -2.11. The SMILES string of the molecule is N#Cc1c(N)[nH]c(=O)c(C#N)c1-c1ccc(O)c(O)c1O. The molecule has 0 aliphatic carbocycles. The molecule has 0 spiro atoms. The maximum absolute atomic E-state index is 11.7. The molecule has 8 heteroatoms. The van der Waals surface area contributed by atoms with E-state index >= 15 is 0 Å². The molecule has 0 bridgehead atoms. The van der Waals surface area contributed by atoms with Crippen LogP contribution in [0.5, 0.6) is 17.2 Å². The summed E-state index contributed by atoms with van der Waals surface area (Å²) >= 11 is 0. The third kappa shape index (κ3) is 1.97. The van der Waals surface area contributed by atoms with Crippen molar-refractivity contribution in [2.75, 3.05) is 5.73 Å². The average molecular weight is 284 g/mol. The number of nitriles is 2. The van der Waals surface area contributed by atoms with Crippen LogP contribution in [0, 0.1) is 22.7 Å². The predicted molar refractivity (Wildman–Crippen MR) is 71.3 cm³/mol. The molecule has 0 amide bonds. The zero-order chi connectivity index (χ0) is 15.7. The number of H-pyrrole nitrogens is 1. The highest BCUT2D eigenvalue weighted by atomic mass is 16.3. The maximum atomic E-state index is 11.7. The summed E-state index contributed by atoms with van der Waals surface area (Å²) in [6.45, 7) is 0. The molecular weight excluding hydrogens is 276 g/mol. The van der Waals surface area contributed by atoms with E-state index < -0.39 is 28.4 Å². The van der Waals surface area contributed by atoms with E-state index in [4.69, 9.17) is 16.3 Å². The number of benzene rings is 1. The predicted octanol–water partition coefficient (Wildman–Crippen LogP) is 0.484. The molecule has 0 atom stereocenters. The Labute approximate surface area is 117 Å². The minimum Gasteiger partial charge on any atom is -0.504 e. The van der Waals surface area contributed by atoms with Gasteiger partial charge in [-0.2, -0.15) is 10.5 Å². The minimum absolute atomic E-state index is 0.170. The second-order valence-electron chi connectivity index (χ2n) is 4.05. The molecule has 1 heterocycles. The van der Waals surface area contributed by atoms with Crippen LogP contribution in [-0.2, 0) is 0 Å². The van der Waals surface area contributed by atoms with Crippen LogP contribution < -0.4 is 11.3 Å². The number of rotatable bonds is 1. The lowest BCUT2D eigenvalue weighted by atomic mass is 9.95. The third-order valence-corrected chi connectivity index (χ3v) is 2.87. The molecule has 1 aromatic carbocycles. The van der Waals surface area contributed by atoms with Gasteiger partial charge < -0.3 is 26.0 Å². The first kappa shape index (κ1) is 13.8. The molecule has 0 aliphatic rings. The molecule has 0 saturated heterocycles. The zero-order valence-electron chi connectivity index (χ0n) is 10.4. The molecule has 2 rings (SSSR count). The lowest BCUT2D eigenvalue weighted by Crippen LogP contribution is -2.16. The van der Waals surface area contributed by atoms with Crippen LogP contribution >= 0.6 is 0 Å². The van der Waals surface area contributed by atoms with Gasteiger partial charge in [0.2, 0.25) is 5.75 Å². The molecule has 0 fully saturated rings. The van der Waals surface area contributed by atoms with E-state index in [-0.39, 0.29) is 22.5 Å². The molecule has 21 heavy (non-hydrogen) atoms. The highest BCUT2D eigenvalue weighted by Gasteiger charge is 2.22. The number of aromatic hydroxyl groups is 3. The normalized spacial score (nSPS) is 9.81. The molecule has 0 saturated carbocycles. The van der Waals surface area contributed by atoms with Crippen molar-refractivity contribution in [2.45, 2.75) is 0 Å². The van der Waals surface area contributed by atoms with Gasteiger partial charge in [-0.05, 0) is 12.1 Å². The number of nitrogens with zero attached hydrogens (tertiary/aromatic N) is 2. The Morgan fingerprint density at radius 3 is 2.24 bits per heavy atom. The second kappa shape index (κ2) is 4.79. The van der Waals surface area contributed by atoms with E-state index in [1.807, 2.05) is 0 Å². The summed E-state index contributed by atoms with van der Waals surface area (Å²) in [7, 11) is 0. The molecular formula is C13H8N4O4. The topological polar surface area (TPSA) is 167 Å². The van der Waals surface area contributed by atoms with E-state index in [2.05, 4.69) is 4.98 Å². The van der Waals surface area contributed by atoms with Crippen LogP contribution in [0.2, 0.25) is 0 Å². The Morgan fingerprint density at radius 2 is 1.67 bits per heavy atom. The Bertz CT molecular complexity index is 887. The van der Waals surface area contributed by atoms with E-state index in [0.717, 1.165) is 12.1 Å². The largest absolute Gasteiger partial charge is 0.504 e. The highest BCUT2D eigenvalue weighted by Crippen LogP contribution is 2.43. The van der Waals surface area contributed by atoms with Gasteiger partial charge in [0.05, 0.1) is 0 Å². The summed E-state index contributed by atoms with van der Waals surface area (Å²) in [5, 5.41) is 46.9. The molecule has 6 N–H and O–H groups in total. The Morgan fingerprint density at radius 1 is 1.05 bits per heavy atom. The molecule has 0 aliphatic heterocycles. The number of nitrogens with two attached hydrogens (primary N) is 1. The van der Waals surface area contributed by atoms with Crippen LogP contribution in [0.15, 0.2) is 16.9 Å². The summed E-state index contributed by atoms with van der Waals surface area (Å²) in [6, 6.07) is 5.54. The minimum atomic E-state index is -0.837. The van der Waals surface area contributed by atoms with Gasteiger partial charge >= 0.3 is 0 Å². The summed E-state index contributed by atoms with van der Waals surface area (Å²) in [4.78, 5) is 13.9. The fourth-order valence-corrected chi connectivity index (χ4v) is 1.88. The van der Waals surface area contributed by atoms with E-state index in [1.165, 1.54) is 0 Å². The van der Waals surface area contributed by atoms with Crippen molar-refractivity contribution in [1.29, 1.82) is 10.5 Å². The third-order valence-electron chi connectivity index (χ3n) is 2.87. The molecule has 0 radical (unpaired) electrons. The van der Waals surface area contributed by atoms with Gasteiger partial charge in [0.25, 0.3) is 5.56 Å².